The van der Waals surface area contributed by atoms with Gasteiger partial charge < -0.3 is 20.7 Å². The number of fused-ring (bicyclic) bond motifs is 1. The Morgan fingerprint density at radius 1 is 1.47 bits per heavy atom. The molecule has 8 nitrogen and oxygen atoms in total. The second-order valence-corrected chi connectivity index (χ2v) is 5.23. The molecule has 2 rings (SSSR count). The maximum Gasteiger partial charge on any atom is 0.404 e. The molecule has 2 aliphatic rings. The third-order valence-electron chi connectivity index (χ3n) is 2.91. The number of amides is 2. The van der Waals surface area contributed by atoms with Crippen LogP contribution in [-0.2, 0) is 14.3 Å². The summed E-state index contributed by atoms with van der Waals surface area (Å²) in [5, 5.41) is 17.6. The molecule has 2 atom stereocenters. The van der Waals surface area contributed by atoms with E-state index in [2.05, 4.69) is 4.74 Å². The van der Waals surface area contributed by atoms with Gasteiger partial charge in [0.1, 0.15) is 12.3 Å². The summed E-state index contributed by atoms with van der Waals surface area (Å²) in [5.41, 5.74) is 4.65. The molecule has 19 heavy (non-hydrogen) atoms. The second-order valence-electron chi connectivity index (χ2n) is 4.02. The first-order valence-electron chi connectivity index (χ1n) is 5.46. The van der Waals surface area contributed by atoms with Crippen molar-refractivity contribution in [1.82, 2.24) is 4.90 Å². The lowest BCUT2D eigenvalue weighted by molar-refractivity contribution is -0.152. The summed E-state index contributed by atoms with van der Waals surface area (Å²) < 4.78 is 4.57. The van der Waals surface area contributed by atoms with Crippen LogP contribution in [0, 0.1) is 5.92 Å². The van der Waals surface area contributed by atoms with Crippen molar-refractivity contribution in [3.8, 4) is 0 Å². The summed E-state index contributed by atoms with van der Waals surface area (Å²) >= 11 is 1.15. The lowest BCUT2D eigenvalue weighted by atomic mass is 9.94. The molecule has 1 fully saturated rings. The molecule has 0 aromatic heterocycles. The van der Waals surface area contributed by atoms with Crippen LogP contribution >= 0.6 is 11.8 Å². The molecule has 0 radical (unpaired) electrons. The normalized spacial score (nSPS) is 25.1. The number of primary amides is 1. The van der Waals surface area contributed by atoms with Crippen LogP contribution in [0.2, 0.25) is 0 Å². The van der Waals surface area contributed by atoms with Gasteiger partial charge in [-0.1, -0.05) is 11.8 Å². The minimum Gasteiger partial charge on any atom is -0.477 e. The lowest BCUT2D eigenvalue weighted by Crippen LogP contribution is -2.57. The zero-order valence-corrected chi connectivity index (χ0v) is 10.6. The third-order valence-corrected chi connectivity index (χ3v) is 4.29. The number of carboxylic acids is 1. The van der Waals surface area contributed by atoms with Gasteiger partial charge in [-0.15, -0.1) is 0 Å². The van der Waals surface area contributed by atoms with Crippen LogP contribution < -0.4 is 5.73 Å². The van der Waals surface area contributed by atoms with E-state index in [-0.39, 0.29) is 41.5 Å². The van der Waals surface area contributed by atoms with Crippen molar-refractivity contribution in [3.05, 3.63) is 10.6 Å². The molecule has 2 aliphatic heterocycles. The minimum atomic E-state index is -1.26. The second kappa shape index (κ2) is 5.10. The van der Waals surface area contributed by atoms with Crippen LogP contribution in [0.5, 0.6) is 0 Å². The molecular weight excluding hydrogens is 276 g/mol. The van der Waals surface area contributed by atoms with E-state index in [1.54, 1.807) is 0 Å². The van der Waals surface area contributed by atoms with Gasteiger partial charge in [-0.05, 0) is 6.42 Å². The monoisotopic (exact) mass is 288 g/mol. The number of β-lactam (4-membered cyclic amide) rings is 1. The fourth-order valence-corrected chi connectivity index (χ4v) is 3.55. The molecule has 104 valence electrons. The van der Waals surface area contributed by atoms with Crippen LogP contribution in [0.3, 0.4) is 0 Å². The van der Waals surface area contributed by atoms with Crippen molar-refractivity contribution >= 4 is 29.7 Å². The van der Waals surface area contributed by atoms with Crippen LogP contribution in [-0.4, -0.2) is 51.7 Å². The molecular formula is C10H12N2O6S. The van der Waals surface area contributed by atoms with Crippen molar-refractivity contribution in [1.29, 1.82) is 0 Å². The number of carboxylic acid groups (broad SMARTS) is 1. The van der Waals surface area contributed by atoms with E-state index in [9.17, 15) is 14.4 Å². The number of hydrogen-bond acceptors (Lipinski definition) is 6. The highest BCUT2D eigenvalue weighted by molar-refractivity contribution is 8.04. The zero-order chi connectivity index (χ0) is 14.2. The van der Waals surface area contributed by atoms with E-state index in [0.717, 1.165) is 16.7 Å². The van der Waals surface area contributed by atoms with Crippen molar-refractivity contribution in [3.63, 3.8) is 0 Å². The highest BCUT2D eigenvalue weighted by atomic mass is 32.2. The first-order chi connectivity index (χ1) is 8.97. The quantitative estimate of drug-likeness (QED) is 0.570. The summed E-state index contributed by atoms with van der Waals surface area (Å²) in [5.74, 6) is -2.00. The van der Waals surface area contributed by atoms with E-state index < -0.39 is 18.0 Å². The van der Waals surface area contributed by atoms with Crippen molar-refractivity contribution in [2.45, 2.75) is 11.8 Å². The van der Waals surface area contributed by atoms with Gasteiger partial charge in [0.25, 0.3) is 0 Å². The highest BCUT2D eigenvalue weighted by Gasteiger charge is 2.55. The average Bonchev–Trinajstić information content (AvgIpc) is 2.68. The Hall–Kier alpha value is -1.74. The molecule has 0 unspecified atom stereocenters. The molecule has 0 bridgehead atoms. The number of aliphatic hydroxyl groups is 1. The molecule has 0 saturated carbocycles. The number of thioether (sulfide) groups is 1. The summed E-state index contributed by atoms with van der Waals surface area (Å²) in [7, 11) is 0. The SMILES string of the molecule is NC(=O)OCC1=C(C(=O)O)N2C(=O)[C@H](CCO)[C@H]2S1. The summed E-state index contributed by atoms with van der Waals surface area (Å²) in [4.78, 5) is 35.0. The van der Waals surface area contributed by atoms with Gasteiger partial charge in [-0.2, -0.15) is 0 Å². The number of nitrogens with two attached hydrogens (primary N) is 1. The zero-order valence-electron chi connectivity index (χ0n) is 9.74. The number of hydrogen-bond donors (Lipinski definition) is 3. The van der Waals surface area contributed by atoms with Crippen molar-refractivity contribution < 1.29 is 29.3 Å². The standard InChI is InChI=1S/C10H12N2O6S/c11-10(17)18-3-5-6(9(15)16)12-7(14)4(1-2-13)8(12)19-5/h4,8,13H,1-3H2,(H2,11,17)(H,15,16)/t4-,8+/m0/s1. The van der Waals surface area contributed by atoms with E-state index >= 15 is 0 Å². The van der Waals surface area contributed by atoms with Gasteiger partial charge in [-0.25, -0.2) is 9.59 Å². The maximum atomic E-state index is 11.8. The van der Waals surface area contributed by atoms with Crippen molar-refractivity contribution in [2.24, 2.45) is 11.7 Å². The summed E-state index contributed by atoms with van der Waals surface area (Å²) in [6.07, 6.45) is -0.727. The number of carbonyl (C=O) groups excluding carboxylic acids is 2. The smallest absolute Gasteiger partial charge is 0.404 e. The molecule has 1 saturated heterocycles. The Kier molecular flexibility index (Phi) is 3.67. The number of ether oxygens (including phenoxy) is 1. The molecule has 0 spiro atoms. The Labute approximate surface area is 112 Å². The fourth-order valence-electron chi connectivity index (χ4n) is 2.10. The van der Waals surface area contributed by atoms with Crippen molar-refractivity contribution in [2.75, 3.05) is 13.2 Å². The number of rotatable bonds is 5. The first kappa shape index (κ1) is 13.7. The molecule has 0 aromatic rings. The van der Waals surface area contributed by atoms with Crippen LogP contribution in [0.1, 0.15) is 6.42 Å². The van der Waals surface area contributed by atoms with Crippen LogP contribution in [0.4, 0.5) is 4.79 Å². The first-order valence-corrected chi connectivity index (χ1v) is 6.34. The summed E-state index contributed by atoms with van der Waals surface area (Å²) in [6, 6.07) is 0. The van der Waals surface area contributed by atoms with Gasteiger partial charge in [0, 0.05) is 6.61 Å². The Morgan fingerprint density at radius 2 is 2.16 bits per heavy atom. The molecule has 2 heterocycles. The average molecular weight is 288 g/mol. The molecule has 9 heteroatoms. The van der Waals surface area contributed by atoms with Gasteiger partial charge >= 0.3 is 12.1 Å². The predicted octanol–water partition coefficient (Wildman–Crippen LogP) is -0.708. The van der Waals surface area contributed by atoms with Gasteiger partial charge in [-0.3, -0.25) is 9.69 Å². The van der Waals surface area contributed by atoms with E-state index in [0.29, 0.717) is 0 Å². The number of aliphatic hydroxyl groups excluding tert-OH is 1. The van der Waals surface area contributed by atoms with Crippen LogP contribution in [0.25, 0.3) is 0 Å². The third kappa shape index (κ3) is 2.26. The Morgan fingerprint density at radius 3 is 2.68 bits per heavy atom. The largest absolute Gasteiger partial charge is 0.477 e. The lowest BCUT2D eigenvalue weighted by Gasteiger charge is -2.42. The number of carbonyl (C=O) groups is 3. The number of aliphatic carboxylic acids is 1. The van der Waals surface area contributed by atoms with E-state index in [1.807, 2.05) is 0 Å². The predicted molar refractivity (Wildman–Crippen MR) is 63.6 cm³/mol. The highest BCUT2D eigenvalue weighted by Crippen LogP contribution is 2.50. The minimum absolute atomic E-state index is 0.142. The topological polar surface area (TPSA) is 130 Å². The van der Waals surface area contributed by atoms with E-state index in [1.165, 1.54) is 0 Å². The molecule has 2 amide bonds. The summed E-state index contributed by atoms with van der Waals surface area (Å²) in [6.45, 7) is -0.412. The van der Waals surface area contributed by atoms with Crippen LogP contribution in [0.15, 0.2) is 10.6 Å². The molecule has 0 aromatic carbocycles. The number of nitrogens with zero attached hydrogens (tertiary/aromatic N) is 1. The Bertz CT molecular complexity index is 477. The fraction of sp³-hybridized carbons (Fsp3) is 0.500. The van der Waals surface area contributed by atoms with E-state index in [4.69, 9.17) is 15.9 Å². The van der Waals surface area contributed by atoms with Gasteiger partial charge in [0.05, 0.1) is 16.2 Å². The van der Waals surface area contributed by atoms with Gasteiger partial charge in [0.15, 0.2) is 0 Å². The molecule has 0 aliphatic carbocycles. The Balaban J connectivity index is 2.16. The maximum absolute atomic E-state index is 11.8. The molecule has 4 N–H and O–H groups in total. The van der Waals surface area contributed by atoms with Gasteiger partial charge in [0.2, 0.25) is 5.91 Å².